The van der Waals surface area contributed by atoms with Crippen LogP contribution in [-0.2, 0) is 19.3 Å². The molecule has 0 spiro atoms. The van der Waals surface area contributed by atoms with Crippen LogP contribution in [0.5, 0.6) is 0 Å². The fourth-order valence-corrected chi connectivity index (χ4v) is 5.42. The molecule has 0 amide bonds. The van der Waals surface area contributed by atoms with Crippen molar-refractivity contribution in [3.63, 3.8) is 0 Å². The molecule has 1 saturated heterocycles. The lowest BCUT2D eigenvalue weighted by Crippen LogP contribution is -2.44. The molecule has 0 aromatic carbocycles. The Bertz CT molecular complexity index is 1190. The van der Waals surface area contributed by atoms with E-state index in [0.717, 1.165) is 22.3 Å². The molecule has 1 aliphatic carbocycles. The molecule has 0 unspecified atom stereocenters. The lowest BCUT2D eigenvalue weighted by molar-refractivity contribution is 0.0985. The van der Waals surface area contributed by atoms with Gasteiger partial charge >= 0.3 is 0 Å². The molecule has 2 fully saturated rings. The Hall–Kier alpha value is -2.52. The second kappa shape index (κ2) is 6.50. The molecule has 29 heavy (non-hydrogen) atoms. The zero-order chi connectivity index (χ0) is 20.2. The van der Waals surface area contributed by atoms with Crippen LogP contribution in [0.4, 0.5) is 5.82 Å². The molecule has 0 bridgehead atoms. The van der Waals surface area contributed by atoms with E-state index >= 15 is 0 Å². The number of nitrogens with one attached hydrogen (secondary N) is 1. The van der Waals surface area contributed by atoms with Crippen molar-refractivity contribution in [2.75, 3.05) is 30.9 Å². The summed E-state index contributed by atoms with van der Waals surface area (Å²) in [7, 11) is -3.29. The maximum atomic E-state index is 12.6. The summed E-state index contributed by atoms with van der Waals surface area (Å²) in [6, 6.07) is 3.96. The minimum atomic E-state index is -3.29. The van der Waals surface area contributed by atoms with Crippen molar-refractivity contribution in [3.8, 4) is 11.4 Å². The van der Waals surface area contributed by atoms with E-state index in [4.69, 9.17) is 14.7 Å². The summed E-state index contributed by atoms with van der Waals surface area (Å²) in [5.41, 5.74) is 2.25. The average molecular weight is 414 g/mol. The van der Waals surface area contributed by atoms with Gasteiger partial charge in [0.15, 0.2) is 15.7 Å². The van der Waals surface area contributed by atoms with Crippen molar-refractivity contribution in [3.05, 3.63) is 36.4 Å². The quantitative estimate of drug-likeness (QED) is 0.700. The number of pyridine rings is 1. The van der Waals surface area contributed by atoms with Crippen LogP contribution < -0.4 is 4.90 Å². The Morgan fingerprint density at radius 2 is 2.10 bits per heavy atom. The SMILES string of the molecule is C[C@@H]1COCCN1c1cc(C2(S(C)(=O)=O)CC2)nc(-c2cncc3[nH]ccc23)n1. The van der Waals surface area contributed by atoms with Gasteiger partial charge in [0.1, 0.15) is 10.6 Å². The van der Waals surface area contributed by atoms with Gasteiger partial charge in [-0.1, -0.05) is 0 Å². The topological polar surface area (TPSA) is 101 Å². The van der Waals surface area contributed by atoms with Gasteiger partial charge in [0.2, 0.25) is 0 Å². The molecule has 4 heterocycles. The van der Waals surface area contributed by atoms with E-state index in [1.807, 2.05) is 18.3 Å². The van der Waals surface area contributed by atoms with Crippen molar-refractivity contribution in [1.82, 2.24) is 19.9 Å². The van der Waals surface area contributed by atoms with E-state index in [9.17, 15) is 8.42 Å². The molecule has 3 aromatic rings. The van der Waals surface area contributed by atoms with Gasteiger partial charge in [-0.2, -0.15) is 0 Å². The van der Waals surface area contributed by atoms with Gasteiger partial charge in [0.05, 0.1) is 36.7 Å². The van der Waals surface area contributed by atoms with Gasteiger partial charge in [0, 0.05) is 42.2 Å². The number of fused-ring (bicyclic) bond motifs is 1. The molecule has 1 N–H and O–H groups in total. The van der Waals surface area contributed by atoms with Crippen molar-refractivity contribution >= 4 is 26.6 Å². The van der Waals surface area contributed by atoms with Gasteiger partial charge < -0.3 is 14.6 Å². The lowest BCUT2D eigenvalue weighted by atomic mass is 10.1. The summed E-state index contributed by atoms with van der Waals surface area (Å²) in [5.74, 6) is 1.24. The number of aromatic amines is 1. The Labute approximate surface area is 169 Å². The van der Waals surface area contributed by atoms with Crippen molar-refractivity contribution in [1.29, 1.82) is 0 Å². The first-order chi connectivity index (χ1) is 13.9. The summed E-state index contributed by atoms with van der Waals surface area (Å²) in [6.07, 6.45) is 7.82. The minimum absolute atomic E-state index is 0.147. The van der Waals surface area contributed by atoms with Crippen LogP contribution in [0.25, 0.3) is 22.3 Å². The smallest absolute Gasteiger partial charge is 0.164 e. The predicted molar refractivity (Wildman–Crippen MR) is 111 cm³/mol. The van der Waals surface area contributed by atoms with Crippen LogP contribution in [0.15, 0.2) is 30.7 Å². The average Bonchev–Trinajstić information content (AvgIpc) is 3.39. The largest absolute Gasteiger partial charge is 0.377 e. The Morgan fingerprint density at radius 1 is 1.28 bits per heavy atom. The van der Waals surface area contributed by atoms with Crippen LogP contribution >= 0.6 is 0 Å². The number of sulfone groups is 1. The highest BCUT2D eigenvalue weighted by Crippen LogP contribution is 2.52. The van der Waals surface area contributed by atoms with Crippen LogP contribution in [0.3, 0.4) is 0 Å². The highest BCUT2D eigenvalue weighted by Gasteiger charge is 2.55. The van der Waals surface area contributed by atoms with Gasteiger partial charge in [-0.3, -0.25) is 4.98 Å². The van der Waals surface area contributed by atoms with Gasteiger partial charge in [0.25, 0.3) is 0 Å². The van der Waals surface area contributed by atoms with Gasteiger partial charge in [-0.05, 0) is 25.8 Å². The number of aromatic nitrogens is 4. The number of H-pyrrole nitrogens is 1. The third kappa shape index (κ3) is 3.00. The molecule has 5 rings (SSSR count). The van der Waals surface area contributed by atoms with E-state index in [1.165, 1.54) is 6.26 Å². The molecule has 1 atom stereocenters. The summed E-state index contributed by atoms with van der Waals surface area (Å²) in [4.78, 5) is 19.2. The molecular formula is C20H23N5O3S. The highest BCUT2D eigenvalue weighted by atomic mass is 32.2. The maximum Gasteiger partial charge on any atom is 0.164 e. The number of rotatable bonds is 4. The van der Waals surface area contributed by atoms with Crippen LogP contribution in [0.2, 0.25) is 0 Å². The van der Waals surface area contributed by atoms with E-state index in [0.29, 0.717) is 44.1 Å². The van der Waals surface area contributed by atoms with Crippen molar-refractivity contribution in [2.45, 2.75) is 30.6 Å². The van der Waals surface area contributed by atoms with Crippen LogP contribution in [0.1, 0.15) is 25.5 Å². The standard InChI is InChI=1S/C20H23N5O3S/c1-13-12-28-8-7-25(13)18-9-17(20(4-5-20)29(2,26)27)23-19(24-18)15-10-21-11-16-14(15)3-6-22-16/h3,6,9-11,13,22H,4-5,7-8,12H2,1-2H3/t13-/m1/s1. The molecule has 9 heteroatoms. The van der Waals surface area contributed by atoms with E-state index in [2.05, 4.69) is 21.8 Å². The predicted octanol–water partition coefficient (Wildman–Crippen LogP) is 2.28. The number of anilines is 1. The third-order valence-corrected chi connectivity index (χ3v) is 8.01. The molecule has 0 radical (unpaired) electrons. The Kier molecular flexibility index (Phi) is 4.15. The van der Waals surface area contributed by atoms with Crippen molar-refractivity contribution < 1.29 is 13.2 Å². The maximum absolute atomic E-state index is 12.6. The van der Waals surface area contributed by atoms with Crippen molar-refractivity contribution in [2.24, 2.45) is 0 Å². The molecule has 8 nitrogen and oxygen atoms in total. The van der Waals surface area contributed by atoms with Crippen LogP contribution in [-0.4, -0.2) is 60.4 Å². The van der Waals surface area contributed by atoms with E-state index in [-0.39, 0.29) is 6.04 Å². The monoisotopic (exact) mass is 413 g/mol. The summed E-state index contributed by atoms with van der Waals surface area (Å²) >= 11 is 0. The first kappa shape index (κ1) is 18.5. The fourth-order valence-electron chi connectivity index (χ4n) is 4.09. The third-order valence-electron chi connectivity index (χ3n) is 5.97. The van der Waals surface area contributed by atoms with E-state index in [1.54, 1.807) is 12.4 Å². The van der Waals surface area contributed by atoms with Crippen LogP contribution in [0, 0.1) is 0 Å². The normalized spacial score (nSPS) is 21.4. The number of hydrogen-bond donors (Lipinski definition) is 1. The summed E-state index contributed by atoms with van der Waals surface area (Å²) in [5, 5.41) is 0.960. The zero-order valence-electron chi connectivity index (χ0n) is 16.4. The molecule has 3 aromatic heterocycles. The molecular weight excluding hydrogens is 390 g/mol. The molecule has 2 aliphatic rings. The fraction of sp³-hybridized carbons (Fsp3) is 0.450. The number of nitrogens with zero attached hydrogens (tertiary/aromatic N) is 4. The number of ether oxygens (including phenoxy) is 1. The lowest BCUT2D eigenvalue weighted by Gasteiger charge is -2.34. The summed E-state index contributed by atoms with van der Waals surface area (Å²) < 4.78 is 29.8. The van der Waals surface area contributed by atoms with Gasteiger partial charge in [-0.15, -0.1) is 0 Å². The van der Waals surface area contributed by atoms with Gasteiger partial charge in [-0.25, -0.2) is 18.4 Å². The first-order valence-electron chi connectivity index (χ1n) is 9.74. The molecule has 1 aliphatic heterocycles. The minimum Gasteiger partial charge on any atom is -0.377 e. The van der Waals surface area contributed by atoms with E-state index < -0.39 is 14.6 Å². The highest BCUT2D eigenvalue weighted by molar-refractivity contribution is 7.91. The Morgan fingerprint density at radius 3 is 2.83 bits per heavy atom. The zero-order valence-corrected chi connectivity index (χ0v) is 17.2. The second-order valence-electron chi connectivity index (χ2n) is 7.94. The Balaban J connectivity index is 1.72. The molecule has 1 saturated carbocycles. The number of morpholine rings is 1. The second-order valence-corrected chi connectivity index (χ2v) is 10.3. The summed E-state index contributed by atoms with van der Waals surface area (Å²) in [6.45, 7) is 4.01. The first-order valence-corrected chi connectivity index (χ1v) is 11.6. The number of hydrogen-bond acceptors (Lipinski definition) is 7. The molecule has 152 valence electrons.